The number of aliphatic hydroxyl groups excluding tert-OH is 2. The number of guanidine groups is 1. The smallest absolute Gasteiger partial charge is 0.302 e. The molecule has 266 valence electrons. The van der Waals surface area contributed by atoms with Gasteiger partial charge in [-0.2, -0.15) is 0 Å². The van der Waals surface area contributed by atoms with Crippen molar-refractivity contribution < 1.29 is 29.6 Å². The lowest BCUT2D eigenvalue weighted by molar-refractivity contribution is -0.152. The van der Waals surface area contributed by atoms with Gasteiger partial charge in [0, 0.05) is 37.3 Å². The molecule has 1 saturated heterocycles. The molecule has 2 aliphatic heterocycles. The predicted molar refractivity (Wildman–Crippen MR) is 186 cm³/mol. The Kier molecular flexibility index (Phi) is 12.9. The highest BCUT2D eigenvalue weighted by Gasteiger charge is 2.37. The number of nitrogens with zero attached hydrogens (tertiary/aromatic N) is 1. The fourth-order valence-corrected chi connectivity index (χ4v) is 8.22. The summed E-state index contributed by atoms with van der Waals surface area (Å²) in [5.74, 6) is 7.47. The molecular formula is C38H58N4O6. The Bertz CT molecular complexity index is 1320. The van der Waals surface area contributed by atoms with Gasteiger partial charge in [-0.25, -0.2) is 0 Å². The summed E-state index contributed by atoms with van der Waals surface area (Å²) in [6, 6.07) is 4.07. The molecule has 0 unspecified atom stereocenters. The second-order valence-corrected chi connectivity index (χ2v) is 14.7. The fraction of sp³-hybridized carbons (Fsp3) is 0.737. The van der Waals surface area contributed by atoms with E-state index in [0.717, 1.165) is 63.5 Å². The van der Waals surface area contributed by atoms with Gasteiger partial charge in [0.05, 0.1) is 24.7 Å². The van der Waals surface area contributed by atoms with Gasteiger partial charge in [0.15, 0.2) is 17.5 Å². The third kappa shape index (κ3) is 9.79. The Hall–Kier alpha value is -3.00. The highest BCUT2D eigenvalue weighted by atomic mass is 16.5. The third-order valence-corrected chi connectivity index (χ3v) is 11.2. The van der Waals surface area contributed by atoms with Crippen LogP contribution in [0.25, 0.3) is 0 Å². The number of nitrogens with two attached hydrogens (primary N) is 1. The maximum Gasteiger partial charge on any atom is 0.302 e. The highest BCUT2D eigenvalue weighted by Crippen LogP contribution is 2.39. The van der Waals surface area contributed by atoms with Crippen LogP contribution in [0.15, 0.2) is 17.1 Å². The summed E-state index contributed by atoms with van der Waals surface area (Å²) in [6.07, 6.45) is 11.6. The number of carbonyl (C=O) groups is 1. The molecule has 1 aromatic carbocycles. The van der Waals surface area contributed by atoms with E-state index in [-0.39, 0.29) is 36.3 Å². The Labute approximate surface area is 286 Å². The summed E-state index contributed by atoms with van der Waals surface area (Å²) in [5.41, 5.74) is 7.37. The molecule has 0 amide bonds. The molecule has 10 heteroatoms. The molecule has 4 aliphatic rings. The van der Waals surface area contributed by atoms with Crippen LogP contribution in [0, 0.1) is 29.1 Å². The van der Waals surface area contributed by atoms with Gasteiger partial charge in [0.1, 0.15) is 12.2 Å². The van der Waals surface area contributed by atoms with Crippen molar-refractivity contribution in [1.82, 2.24) is 10.6 Å². The number of phenolic OH excluding ortho intramolecular Hbond substituents is 1. The van der Waals surface area contributed by atoms with Crippen LogP contribution in [-0.2, 0) is 22.6 Å². The summed E-state index contributed by atoms with van der Waals surface area (Å²) < 4.78 is 12.4. The molecule has 10 nitrogen and oxygen atoms in total. The predicted octanol–water partition coefficient (Wildman–Crippen LogP) is 4.46. The van der Waals surface area contributed by atoms with Crippen molar-refractivity contribution in [3.8, 4) is 23.3 Å². The van der Waals surface area contributed by atoms with Gasteiger partial charge in [0.2, 0.25) is 0 Å². The van der Waals surface area contributed by atoms with E-state index in [4.69, 9.17) is 20.2 Å². The minimum absolute atomic E-state index is 0.00698. The van der Waals surface area contributed by atoms with Crippen LogP contribution in [0.1, 0.15) is 115 Å². The van der Waals surface area contributed by atoms with Gasteiger partial charge in [-0.15, -0.1) is 0 Å². The van der Waals surface area contributed by atoms with Crippen molar-refractivity contribution in [2.45, 2.75) is 147 Å². The SMILES string of the molecule is CC[C@]1(CN=C(N)NC2CCCCC2)C#C[C@H]2CCC[C@H]3C[C@H](CCN3)Oc3cc(c(CO)cc3O)C[C@H]2[C@@H](OC(C)=O)C[C@@H](O)CC1. The second-order valence-electron chi connectivity index (χ2n) is 14.7. The number of nitrogens with one attached hydrogen (secondary N) is 2. The Morgan fingerprint density at radius 3 is 2.71 bits per heavy atom. The first kappa shape index (κ1) is 36.3. The van der Waals surface area contributed by atoms with Gasteiger partial charge in [-0.1, -0.05) is 44.4 Å². The molecular weight excluding hydrogens is 608 g/mol. The number of fused-ring (bicyclic) bond motifs is 5. The van der Waals surface area contributed by atoms with Gasteiger partial charge in [-0.3, -0.25) is 9.79 Å². The van der Waals surface area contributed by atoms with Crippen LogP contribution in [0.2, 0.25) is 0 Å². The van der Waals surface area contributed by atoms with E-state index < -0.39 is 23.6 Å². The largest absolute Gasteiger partial charge is 0.504 e. The van der Waals surface area contributed by atoms with E-state index in [2.05, 4.69) is 29.4 Å². The minimum atomic E-state index is -0.702. The number of hydrogen-bond acceptors (Lipinski definition) is 8. The lowest BCUT2D eigenvalue weighted by Gasteiger charge is -2.35. The number of aliphatic imine (C=N–C) groups is 1. The number of esters is 1. The molecule has 0 radical (unpaired) electrons. The van der Waals surface area contributed by atoms with Crippen LogP contribution in [0.5, 0.6) is 11.5 Å². The van der Waals surface area contributed by atoms with Crippen molar-refractivity contribution in [1.29, 1.82) is 0 Å². The van der Waals surface area contributed by atoms with Gasteiger partial charge >= 0.3 is 5.97 Å². The molecule has 7 atom stereocenters. The van der Waals surface area contributed by atoms with E-state index in [1.165, 1.54) is 26.2 Å². The van der Waals surface area contributed by atoms with Crippen LogP contribution in [0.3, 0.4) is 0 Å². The number of hydrogen-bond donors (Lipinski definition) is 6. The van der Waals surface area contributed by atoms with Crippen LogP contribution in [-0.4, -0.2) is 70.7 Å². The topological polar surface area (TPSA) is 159 Å². The Morgan fingerprint density at radius 1 is 1.15 bits per heavy atom. The zero-order valence-corrected chi connectivity index (χ0v) is 29.0. The van der Waals surface area contributed by atoms with Gasteiger partial charge < -0.3 is 41.2 Å². The number of aliphatic hydroxyl groups is 2. The van der Waals surface area contributed by atoms with E-state index in [0.29, 0.717) is 55.5 Å². The van der Waals surface area contributed by atoms with E-state index in [1.807, 2.05) is 6.07 Å². The maximum absolute atomic E-state index is 12.5. The summed E-state index contributed by atoms with van der Waals surface area (Å²) >= 11 is 0. The second kappa shape index (κ2) is 17.1. The first-order valence-corrected chi connectivity index (χ1v) is 18.5. The Balaban J connectivity index is 1.53. The van der Waals surface area contributed by atoms with Crippen LogP contribution in [0.4, 0.5) is 0 Å². The number of piperidine rings is 1. The summed E-state index contributed by atoms with van der Waals surface area (Å²) in [7, 11) is 0. The molecule has 0 aromatic heterocycles. The number of carbonyl (C=O) groups excluding carboxylic acids is 1. The minimum Gasteiger partial charge on any atom is -0.504 e. The molecule has 2 aliphatic carbocycles. The number of rotatable bonds is 6. The van der Waals surface area contributed by atoms with E-state index >= 15 is 0 Å². The average Bonchev–Trinajstić information content (AvgIpc) is 3.07. The lowest BCUT2D eigenvalue weighted by Crippen LogP contribution is -2.42. The van der Waals surface area contributed by atoms with E-state index in [9.17, 15) is 20.1 Å². The maximum atomic E-state index is 12.5. The van der Waals surface area contributed by atoms with Gasteiger partial charge in [0.25, 0.3) is 0 Å². The number of phenols is 1. The lowest BCUT2D eigenvalue weighted by atomic mass is 9.73. The first-order chi connectivity index (χ1) is 23.2. The number of benzene rings is 1. The van der Waals surface area contributed by atoms with Crippen LogP contribution < -0.4 is 21.1 Å². The molecule has 7 N–H and O–H groups in total. The molecule has 5 rings (SSSR count). The van der Waals surface area contributed by atoms with Gasteiger partial charge in [-0.05, 0) is 94.0 Å². The first-order valence-electron chi connectivity index (χ1n) is 18.5. The molecule has 1 aromatic rings. The highest BCUT2D eigenvalue weighted by molar-refractivity contribution is 5.78. The quantitative estimate of drug-likeness (QED) is 0.112. The zero-order chi connectivity index (χ0) is 34.1. The van der Waals surface area contributed by atoms with E-state index in [1.54, 1.807) is 6.07 Å². The monoisotopic (exact) mass is 666 g/mol. The standard InChI is InChI=1S/C38H58N4O6/c1-3-38(24-41-37(39)42-29-9-5-4-6-10-29)15-12-26-8-7-11-30-21-32(14-17-40-30)48-36-20-27(28(23-43)19-34(36)46)18-33(26)35(47-25(2)44)22-31(45)13-16-38/h19-20,26,29-33,35,40,43,45-46H,3-11,13-14,16-18,21-24H2,1-2H3,(H3,39,41,42)/t26-,30+,31+,32+,33-,35+,38+/m1/s1. The molecule has 4 bridgehead atoms. The summed E-state index contributed by atoms with van der Waals surface area (Å²) in [6.45, 7) is 4.58. The average molecular weight is 667 g/mol. The van der Waals surface area contributed by atoms with Crippen LogP contribution >= 0.6 is 0 Å². The van der Waals surface area contributed by atoms with Crippen molar-refractivity contribution in [3.63, 3.8) is 0 Å². The summed E-state index contributed by atoms with van der Waals surface area (Å²) in [4.78, 5) is 17.3. The van der Waals surface area contributed by atoms with Crippen molar-refractivity contribution in [2.75, 3.05) is 13.1 Å². The zero-order valence-electron chi connectivity index (χ0n) is 29.0. The molecule has 1 saturated carbocycles. The molecule has 2 heterocycles. The molecule has 2 fully saturated rings. The Morgan fingerprint density at radius 2 is 1.96 bits per heavy atom. The molecule has 48 heavy (non-hydrogen) atoms. The number of ether oxygens (including phenoxy) is 2. The normalized spacial score (nSPS) is 32.0. The fourth-order valence-electron chi connectivity index (χ4n) is 8.22. The van der Waals surface area contributed by atoms with Crippen molar-refractivity contribution >= 4 is 11.9 Å². The number of aromatic hydroxyl groups is 1. The molecule has 0 spiro atoms. The van der Waals surface area contributed by atoms with Crippen molar-refractivity contribution in [2.24, 2.45) is 28.0 Å². The summed E-state index contributed by atoms with van der Waals surface area (Å²) in [5, 5.41) is 39.8. The third-order valence-electron chi connectivity index (χ3n) is 11.2. The van der Waals surface area contributed by atoms with Crippen molar-refractivity contribution in [3.05, 3.63) is 23.3 Å².